The van der Waals surface area contributed by atoms with Crippen molar-refractivity contribution in [3.8, 4) is 0 Å². The Morgan fingerprint density at radius 2 is 2.21 bits per heavy atom. The molecule has 1 amide bonds. The summed E-state index contributed by atoms with van der Waals surface area (Å²) in [4.78, 5) is 34.5. The molecule has 4 rings (SSSR count). The van der Waals surface area contributed by atoms with Gasteiger partial charge in [-0.3, -0.25) is 9.59 Å². The Hall–Kier alpha value is -2.12. The second-order valence-corrected chi connectivity index (χ2v) is 9.53. The van der Waals surface area contributed by atoms with Crippen molar-refractivity contribution in [1.29, 1.82) is 0 Å². The maximum atomic E-state index is 12.6. The third kappa shape index (κ3) is 3.73. The molecule has 0 fully saturated rings. The summed E-state index contributed by atoms with van der Waals surface area (Å²) in [5.74, 6) is 0.743. The Bertz CT molecular complexity index is 1120. The molecule has 0 aliphatic heterocycles. The van der Waals surface area contributed by atoms with Crippen LogP contribution in [0, 0.1) is 19.8 Å². The third-order valence-corrected chi connectivity index (χ3v) is 7.38. The summed E-state index contributed by atoms with van der Waals surface area (Å²) in [6, 6.07) is 5.84. The van der Waals surface area contributed by atoms with E-state index in [2.05, 4.69) is 22.2 Å². The summed E-state index contributed by atoms with van der Waals surface area (Å²) < 4.78 is 0. The summed E-state index contributed by atoms with van der Waals surface area (Å²) in [6.45, 7) is 6.26. The van der Waals surface area contributed by atoms with Gasteiger partial charge in [0.1, 0.15) is 4.83 Å². The molecule has 2 heterocycles. The van der Waals surface area contributed by atoms with E-state index in [4.69, 9.17) is 0 Å². The maximum absolute atomic E-state index is 12.6. The lowest BCUT2D eigenvalue weighted by molar-refractivity contribution is -0.113. The Morgan fingerprint density at radius 3 is 3.04 bits per heavy atom. The third-order valence-electron chi connectivity index (χ3n) is 5.36. The van der Waals surface area contributed by atoms with E-state index < -0.39 is 0 Å². The summed E-state index contributed by atoms with van der Waals surface area (Å²) in [5, 5.41) is 4.19. The largest absolute Gasteiger partial charge is 0.325 e. The highest BCUT2D eigenvalue weighted by Gasteiger charge is 2.23. The van der Waals surface area contributed by atoms with Crippen LogP contribution in [0.1, 0.15) is 34.9 Å². The number of thiophene rings is 1. The molecule has 7 heteroatoms. The molecule has 1 atom stereocenters. The van der Waals surface area contributed by atoms with Crippen LogP contribution in [0.15, 0.2) is 28.2 Å². The predicted octanol–water partition coefficient (Wildman–Crippen LogP) is 4.46. The number of aromatic nitrogens is 2. The van der Waals surface area contributed by atoms with Gasteiger partial charge in [0.2, 0.25) is 5.91 Å². The second-order valence-electron chi connectivity index (χ2n) is 7.49. The monoisotopic (exact) mass is 413 g/mol. The van der Waals surface area contributed by atoms with E-state index in [1.54, 1.807) is 11.3 Å². The fourth-order valence-corrected chi connectivity index (χ4v) is 5.71. The number of nitrogens with one attached hydrogen (secondary N) is 2. The van der Waals surface area contributed by atoms with Gasteiger partial charge in [0.15, 0.2) is 5.16 Å². The molecule has 0 spiro atoms. The quantitative estimate of drug-likeness (QED) is 0.489. The zero-order chi connectivity index (χ0) is 19.8. The lowest BCUT2D eigenvalue weighted by atomic mass is 9.89. The molecule has 0 saturated heterocycles. The van der Waals surface area contributed by atoms with Crippen LogP contribution in [0.4, 0.5) is 5.69 Å². The number of aryl methyl sites for hydroxylation is 2. The lowest BCUT2D eigenvalue weighted by Crippen LogP contribution is -2.16. The van der Waals surface area contributed by atoms with Gasteiger partial charge in [0.25, 0.3) is 5.56 Å². The summed E-state index contributed by atoms with van der Waals surface area (Å²) in [6.07, 6.45) is 3.09. The molecular formula is C21H23N3O2S2. The van der Waals surface area contributed by atoms with Crippen molar-refractivity contribution in [2.24, 2.45) is 5.92 Å². The van der Waals surface area contributed by atoms with Crippen molar-refractivity contribution in [3.05, 3.63) is 50.1 Å². The zero-order valence-corrected chi connectivity index (χ0v) is 17.9. The van der Waals surface area contributed by atoms with Crippen molar-refractivity contribution in [3.63, 3.8) is 0 Å². The Morgan fingerprint density at radius 1 is 1.39 bits per heavy atom. The fourth-order valence-electron chi connectivity index (χ4n) is 3.60. The average molecular weight is 414 g/mol. The van der Waals surface area contributed by atoms with Crippen LogP contribution in [0.2, 0.25) is 0 Å². The van der Waals surface area contributed by atoms with Crippen molar-refractivity contribution in [1.82, 2.24) is 9.97 Å². The van der Waals surface area contributed by atoms with Crippen molar-refractivity contribution >= 4 is 44.9 Å². The number of amides is 1. The first-order chi connectivity index (χ1) is 13.4. The van der Waals surface area contributed by atoms with Crippen LogP contribution < -0.4 is 10.9 Å². The predicted molar refractivity (Wildman–Crippen MR) is 117 cm³/mol. The first-order valence-electron chi connectivity index (χ1n) is 9.46. The highest BCUT2D eigenvalue weighted by atomic mass is 32.2. The number of carbonyl (C=O) groups excluding carboxylic acids is 1. The van der Waals surface area contributed by atoms with Crippen LogP contribution in [0.25, 0.3) is 10.2 Å². The topological polar surface area (TPSA) is 74.8 Å². The van der Waals surface area contributed by atoms with E-state index in [9.17, 15) is 9.59 Å². The van der Waals surface area contributed by atoms with Crippen LogP contribution in [-0.2, 0) is 17.6 Å². The van der Waals surface area contributed by atoms with Crippen molar-refractivity contribution in [2.75, 3.05) is 11.1 Å². The van der Waals surface area contributed by atoms with Gasteiger partial charge < -0.3 is 10.3 Å². The minimum atomic E-state index is -0.110. The highest BCUT2D eigenvalue weighted by Crippen LogP contribution is 2.36. The molecule has 2 N–H and O–H groups in total. The molecule has 1 aliphatic rings. The number of fused-ring (bicyclic) bond motifs is 3. The van der Waals surface area contributed by atoms with Crippen LogP contribution >= 0.6 is 23.1 Å². The number of aromatic amines is 1. The first-order valence-corrected chi connectivity index (χ1v) is 11.3. The molecule has 5 nitrogen and oxygen atoms in total. The van der Waals surface area contributed by atoms with Gasteiger partial charge in [-0.05, 0) is 61.8 Å². The molecular weight excluding hydrogens is 390 g/mol. The van der Waals surface area contributed by atoms with Crippen molar-refractivity contribution < 1.29 is 4.79 Å². The molecule has 146 valence electrons. The standard InChI is InChI=1S/C21H23N3O2S2/c1-11-7-8-14-16(9-11)28-20-18(14)19(26)23-21(24-20)27-10-17(25)22-15-6-4-5-12(2)13(15)3/h4-6,11H,7-10H2,1-3H3,(H,22,25)(H,23,24,26). The molecule has 0 saturated carbocycles. The number of H-pyrrole nitrogens is 1. The summed E-state index contributed by atoms with van der Waals surface area (Å²) >= 11 is 2.89. The number of thioether (sulfide) groups is 1. The SMILES string of the molecule is Cc1cccc(NC(=O)CSc2nc3sc4c(c3c(=O)[nH]2)CCC(C)C4)c1C. The van der Waals surface area contributed by atoms with Gasteiger partial charge in [-0.15, -0.1) is 11.3 Å². The van der Waals surface area contributed by atoms with Gasteiger partial charge in [-0.25, -0.2) is 4.98 Å². The number of hydrogen-bond donors (Lipinski definition) is 2. The average Bonchev–Trinajstić information content (AvgIpc) is 3.01. The number of carbonyl (C=O) groups is 1. The normalized spacial score (nSPS) is 16.2. The molecule has 1 aliphatic carbocycles. The minimum Gasteiger partial charge on any atom is -0.325 e. The van der Waals surface area contributed by atoms with Gasteiger partial charge >= 0.3 is 0 Å². The molecule has 2 aromatic heterocycles. The second kappa shape index (κ2) is 7.72. The molecule has 1 unspecified atom stereocenters. The number of hydrogen-bond acceptors (Lipinski definition) is 5. The number of nitrogens with zero attached hydrogens (tertiary/aromatic N) is 1. The smallest absolute Gasteiger partial charge is 0.260 e. The minimum absolute atomic E-state index is 0.0884. The van der Waals surface area contributed by atoms with Crippen molar-refractivity contribution in [2.45, 2.75) is 45.2 Å². The van der Waals surface area contributed by atoms with Gasteiger partial charge in [-0.1, -0.05) is 30.8 Å². The highest BCUT2D eigenvalue weighted by molar-refractivity contribution is 7.99. The summed E-state index contributed by atoms with van der Waals surface area (Å²) in [7, 11) is 0. The molecule has 0 bridgehead atoms. The van der Waals surface area contributed by atoms with Gasteiger partial charge in [0.05, 0.1) is 11.1 Å². The Balaban J connectivity index is 1.50. The van der Waals surface area contributed by atoms with Crippen LogP contribution in [0.5, 0.6) is 0 Å². The molecule has 1 aromatic carbocycles. The van der Waals surface area contributed by atoms with Gasteiger partial charge in [-0.2, -0.15) is 0 Å². The Kier molecular flexibility index (Phi) is 5.29. The van der Waals surface area contributed by atoms with E-state index in [1.165, 1.54) is 22.2 Å². The number of rotatable bonds is 4. The number of anilines is 1. The lowest BCUT2D eigenvalue weighted by Gasteiger charge is -2.17. The molecule has 0 radical (unpaired) electrons. The number of benzene rings is 1. The van der Waals surface area contributed by atoms with E-state index in [0.29, 0.717) is 11.1 Å². The summed E-state index contributed by atoms with van der Waals surface area (Å²) in [5.41, 5.74) is 4.11. The van der Waals surface area contributed by atoms with Crippen LogP contribution in [-0.4, -0.2) is 21.6 Å². The molecule has 28 heavy (non-hydrogen) atoms. The van der Waals surface area contributed by atoms with E-state index in [-0.39, 0.29) is 17.2 Å². The van der Waals surface area contributed by atoms with E-state index >= 15 is 0 Å². The molecule has 3 aromatic rings. The first kappa shape index (κ1) is 19.2. The van der Waals surface area contributed by atoms with Gasteiger partial charge in [0, 0.05) is 10.6 Å². The van der Waals surface area contributed by atoms with E-state index in [1.807, 2.05) is 32.0 Å². The fraction of sp³-hybridized carbons (Fsp3) is 0.381. The zero-order valence-electron chi connectivity index (χ0n) is 16.2. The Labute approximate surface area is 172 Å². The van der Waals surface area contributed by atoms with Crippen LogP contribution in [0.3, 0.4) is 0 Å². The maximum Gasteiger partial charge on any atom is 0.260 e. The van der Waals surface area contributed by atoms with E-state index in [0.717, 1.165) is 46.3 Å².